The highest BCUT2D eigenvalue weighted by Gasteiger charge is 2.33. The third kappa shape index (κ3) is 3.12. The number of alkyl halides is 1. The van der Waals surface area contributed by atoms with Gasteiger partial charge in [0.15, 0.2) is 0 Å². The lowest BCUT2D eigenvalue weighted by atomic mass is 10.2. The summed E-state index contributed by atoms with van der Waals surface area (Å²) in [7, 11) is -3.54. The molecular weight excluding hydrogens is 321 g/mol. The van der Waals surface area contributed by atoms with Crippen LogP contribution in [0.2, 0.25) is 5.02 Å². The Morgan fingerprint density at radius 1 is 1.45 bits per heavy atom. The molecule has 0 N–H and O–H groups in total. The predicted octanol–water partition coefficient (Wildman–Crippen LogP) is 2.88. The zero-order valence-electron chi connectivity index (χ0n) is 11.2. The Balaban J connectivity index is 2.38. The largest absolute Gasteiger partial charge is 0.378 e. The molecule has 0 amide bonds. The van der Waals surface area contributed by atoms with Crippen LogP contribution in [0.1, 0.15) is 18.9 Å². The van der Waals surface area contributed by atoms with Crippen molar-refractivity contribution in [1.82, 2.24) is 4.31 Å². The van der Waals surface area contributed by atoms with E-state index in [1.807, 2.05) is 6.92 Å². The minimum Gasteiger partial charge on any atom is -0.378 e. The quantitative estimate of drug-likeness (QED) is 0.793. The highest BCUT2D eigenvalue weighted by Crippen LogP contribution is 2.26. The first-order valence-corrected chi connectivity index (χ1v) is 8.80. The summed E-state index contributed by atoms with van der Waals surface area (Å²) in [6.45, 7) is 3.19. The van der Waals surface area contributed by atoms with Crippen molar-refractivity contribution in [2.24, 2.45) is 0 Å². The van der Waals surface area contributed by atoms with Gasteiger partial charge in [-0.25, -0.2) is 8.42 Å². The van der Waals surface area contributed by atoms with Gasteiger partial charge < -0.3 is 4.74 Å². The number of ether oxygens (including phenoxy) is 1. The molecule has 2 rings (SSSR count). The van der Waals surface area contributed by atoms with Gasteiger partial charge >= 0.3 is 0 Å². The molecule has 20 heavy (non-hydrogen) atoms. The lowest BCUT2D eigenvalue weighted by Crippen LogP contribution is -2.48. The summed E-state index contributed by atoms with van der Waals surface area (Å²) in [4.78, 5) is 0.234. The standard InChI is InChI=1S/C13H17Cl2NO3S/c1-2-11-9-19-6-5-16(11)20(17,18)12-3-4-13(15)10(7-12)8-14/h3-4,7,11H,2,5-6,8-9H2,1H3. The molecule has 1 aromatic carbocycles. The van der Waals surface area contributed by atoms with Crippen LogP contribution in [0.5, 0.6) is 0 Å². The van der Waals surface area contributed by atoms with Crippen LogP contribution < -0.4 is 0 Å². The molecular formula is C13H17Cl2NO3S. The highest BCUT2D eigenvalue weighted by molar-refractivity contribution is 7.89. The molecule has 0 spiro atoms. The molecule has 1 aliphatic rings. The minimum absolute atomic E-state index is 0.121. The van der Waals surface area contributed by atoms with E-state index in [9.17, 15) is 8.42 Å². The van der Waals surface area contributed by atoms with Crippen molar-refractivity contribution in [1.29, 1.82) is 0 Å². The van der Waals surface area contributed by atoms with E-state index in [0.29, 0.717) is 30.3 Å². The van der Waals surface area contributed by atoms with Gasteiger partial charge in [-0.15, -0.1) is 11.6 Å². The van der Waals surface area contributed by atoms with Crippen molar-refractivity contribution in [3.63, 3.8) is 0 Å². The van der Waals surface area contributed by atoms with Gasteiger partial charge in [-0.1, -0.05) is 18.5 Å². The molecule has 7 heteroatoms. The van der Waals surface area contributed by atoms with Gasteiger partial charge in [0.05, 0.1) is 18.1 Å². The van der Waals surface area contributed by atoms with Crippen molar-refractivity contribution < 1.29 is 13.2 Å². The topological polar surface area (TPSA) is 46.6 Å². The number of hydrogen-bond acceptors (Lipinski definition) is 3. The van der Waals surface area contributed by atoms with E-state index in [1.54, 1.807) is 12.1 Å². The number of benzene rings is 1. The molecule has 1 heterocycles. The van der Waals surface area contributed by atoms with Crippen LogP contribution in [0.15, 0.2) is 23.1 Å². The predicted molar refractivity (Wildman–Crippen MR) is 79.8 cm³/mol. The van der Waals surface area contributed by atoms with Gasteiger partial charge in [-0.05, 0) is 30.2 Å². The molecule has 1 atom stereocenters. The fourth-order valence-corrected chi connectivity index (χ4v) is 4.42. The monoisotopic (exact) mass is 337 g/mol. The second kappa shape index (κ2) is 6.62. The maximum atomic E-state index is 12.7. The van der Waals surface area contributed by atoms with Crippen molar-refractivity contribution in [3.05, 3.63) is 28.8 Å². The molecule has 1 unspecified atom stereocenters. The van der Waals surface area contributed by atoms with Crippen LogP contribution in [-0.2, 0) is 20.6 Å². The summed E-state index contributed by atoms with van der Waals surface area (Å²) in [6, 6.07) is 4.53. The van der Waals surface area contributed by atoms with Crippen LogP contribution in [0, 0.1) is 0 Å². The zero-order valence-corrected chi connectivity index (χ0v) is 13.5. The molecule has 0 aromatic heterocycles. The second-order valence-corrected chi connectivity index (χ2v) is 7.20. The summed E-state index contributed by atoms with van der Waals surface area (Å²) < 4.78 is 32.3. The molecule has 112 valence electrons. The highest BCUT2D eigenvalue weighted by atomic mass is 35.5. The van der Waals surface area contributed by atoms with Crippen LogP contribution >= 0.6 is 23.2 Å². The Bertz CT molecular complexity index is 577. The first-order chi connectivity index (χ1) is 9.50. The number of nitrogens with zero attached hydrogens (tertiary/aromatic N) is 1. The van der Waals surface area contributed by atoms with Crippen molar-refractivity contribution >= 4 is 33.2 Å². The van der Waals surface area contributed by atoms with Gasteiger partial charge in [-0.2, -0.15) is 4.31 Å². The van der Waals surface area contributed by atoms with Gasteiger partial charge in [0, 0.05) is 23.5 Å². The summed E-state index contributed by atoms with van der Waals surface area (Å²) >= 11 is 11.8. The number of rotatable bonds is 4. The second-order valence-electron chi connectivity index (χ2n) is 4.64. The SMILES string of the molecule is CCC1COCCN1S(=O)(=O)c1ccc(Cl)c(CCl)c1. The van der Waals surface area contributed by atoms with Gasteiger partial charge in [-0.3, -0.25) is 0 Å². The molecule has 1 saturated heterocycles. The summed E-state index contributed by atoms with van der Waals surface area (Å²) in [5.41, 5.74) is 0.621. The molecule has 0 radical (unpaired) electrons. The fraction of sp³-hybridized carbons (Fsp3) is 0.538. The summed E-state index contributed by atoms with van der Waals surface area (Å²) in [6.07, 6.45) is 0.717. The smallest absolute Gasteiger partial charge is 0.243 e. The minimum atomic E-state index is -3.54. The number of hydrogen-bond donors (Lipinski definition) is 0. The van der Waals surface area contributed by atoms with E-state index in [-0.39, 0.29) is 16.8 Å². The van der Waals surface area contributed by atoms with Gasteiger partial charge in [0.25, 0.3) is 0 Å². The Morgan fingerprint density at radius 2 is 2.20 bits per heavy atom. The Hall–Kier alpha value is -0.330. The first kappa shape index (κ1) is 16.0. The van der Waals surface area contributed by atoms with Crippen LogP contribution in [0.3, 0.4) is 0 Å². The summed E-state index contributed by atoms with van der Waals surface area (Å²) in [5.74, 6) is 0.183. The Morgan fingerprint density at radius 3 is 2.85 bits per heavy atom. The molecule has 4 nitrogen and oxygen atoms in total. The van der Waals surface area contributed by atoms with Crippen LogP contribution in [0.4, 0.5) is 0 Å². The van der Waals surface area contributed by atoms with Crippen LogP contribution in [0.25, 0.3) is 0 Å². The lowest BCUT2D eigenvalue weighted by Gasteiger charge is -2.34. The van der Waals surface area contributed by atoms with Crippen molar-refractivity contribution in [3.8, 4) is 0 Å². The third-order valence-corrected chi connectivity index (χ3v) is 6.02. The van der Waals surface area contributed by atoms with E-state index >= 15 is 0 Å². The number of halogens is 2. The molecule has 0 bridgehead atoms. The Kier molecular flexibility index (Phi) is 5.31. The van der Waals surface area contributed by atoms with E-state index in [4.69, 9.17) is 27.9 Å². The van der Waals surface area contributed by atoms with Gasteiger partial charge in [0.2, 0.25) is 10.0 Å². The lowest BCUT2D eigenvalue weighted by molar-refractivity contribution is 0.0314. The van der Waals surface area contributed by atoms with Crippen molar-refractivity contribution in [2.75, 3.05) is 19.8 Å². The third-order valence-electron chi connectivity index (χ3n) is 3.41. The maximum Gasteiger partial charge on any atom is 0.243 e. The average molecular weight is 338 g/mol. The van der Waals surface area contributed by atoms with E-state index in [0.717, 1.165) is 6.42 Å². The maximum absolute atomic E-state index is 12.7. The fourth-order valence-electron chi connectivity index (χ4n) is 2.23. The number of sulfonamides is 1. The molecule has 0 saturated carbocycles. The molecule has 1 aliphatic heterocycles. The molecule has 1 aromatic rings. The normalized spacial score (nSPS) is 21.1. The first-order valence-electron chi connectivity index (χ1n) is 6.44. The summed E-state index contributed by atoms with van der Waals surface area (Å²) in [5, 5.41) is 0.480. The zero-order chi connectivity index (χ0) is 14.8. The molecule has 0 aliphatic carbocycles. The van der Waals surface area contributed by atoms with E-state index < -0.39 is 10.0 Å². The number of morpholine rings is 1. The molecule has 1 fully saturated rings. The van der Waals surface area contributed by atoms with E-state index in [1.165, 1.54) is 10.4 Å². The van der Waals surface area contributed by atoms with E-state index in [2.05, 4.69) is 0 Å². The van der Waals surface area contributed by atoms with Crippen molar-refractivity contribution in [2.45, 2.75) is 30.2 Å². The van der Waals surface area contributed by atoms with Crippen LogP contribution in [-0.4, -0.2) is 38.5 Å². The van der Waals surface area contributed by atoms with Gasteiger partial charge in [0.1, 0.15) is 0 Å². The average Bonchev–Trinajstić information content (AvgIpc) is 2.47. The Labute approximate surface area is 129 Å².